The summed E-state index contributed by atoms with van der Waals surface area (Å²) in [6.07, 6.45) is 1.72. The smallest absolute Gasteiger partial charge is 0.304 e. The van der Waals surface area contributed by atoms with E-state index in [2.05, 4.69) is 4.98 Å². The number of carboxylic acid groups (broad SMARTS) is 1. The van der Waals surface area contributed by atoms with Gasteiger partial charge in [0.2, 0.25) is 5.91 Å². The number of benzene rings is 1. The maximum Gasteiger partial charge on any atom is 0.304 e. The molecule has 1 unspecified atom stereocenters. The first kappa shape index (κ1) is 27.4. The second-order valence-electron chi connectivity index (χ2n) is 9.32. The standard InChI is InChI=1S/C25H30Cl2N2O5S/c1-4-19(15-35(33,34)5-2)29-23(21-10-9-18(27)14-28-21)20(16-7-6-8-17(26)11-16)12-25(3,24(29)32)13-22(30)31/h6-11,14,19-20,23H,4-5,12-13,15H2,1-3H3,(H,30,31)/t19?,20-,23+,25-/m1/s1. The minimum Gasteiger partial charge on any atom is -0.481 e. The number of likely N-dealkylation sites (tertiary alicyclic amines) is 1. The van der Waals surface area contributed by atoms with Gasteiger partial charge >= 0.3 is 5.97 Å². The van der Waals surface area contributed by atoms with Crippen molar-refractivity contribution < 1.29 is 23.1 Å². The molecule has 1 saturated heterocycles. The van der Waals surface area contributed by atoms with Crippen molar-refractivity contribution in [3.8, 4) is 0 Å². The van der Waals surface area contributed by atoms with Gasteiger partial charge in [-0.25, -0.2) is 8.42 Å². The number of piperidine rings is 1. The number of amides is 1. The van der Waals surface area contributed by atoms with Gasteiger partial charge in [-0.1, -0.05) is 56.1 Å². The summed E-state index contributed by atoms with van der Waals surface area (Å²) < 4.78 is 25.3. The van der Waals surface area contributed by atoms with E-state index in [1.54, 1.807) is 49.1 Å². The van der Waals surface area contributed by atoms with Gasteiger partial charge < -0.3 is 10.0 Å². The highest BCUT2D eigenvalue weighted by molar-refractivity contribution is 7.91. The Morgan fingerprint density at radius 3 is 2.49 bits per heavy atom. The zero-order chi connectivity index (χ0) is 26.0. The normalized spacial score (nSPS) is 23.8. The van der Waals surface area contributed by atoms with Crippen molar-refractivity contribution in [2.45, 2.75) is 58.0 Å². The summed E-state index contributed by atoms with van der Waals surface area (Å²) in [5.74, 6) is -2.13. The number of pyridine rings is 1. The summed E-state index contributed by atoms with van der Waals surface area (Å²) in [5, 5.41) is 10.6. The molecule has 0 aliphatic carbocycles. The number of sulfone groups is 1. The fourth-order valence-corrected chi connectivity index (χ4v) is 6.47. The lowest BCUT2D eigenvalue weighted by molar-refractivity contribution is -0.160. The number of carbonyl (C=O) groups is 2. The summed E-state index contributed by atoms with van der Waals surface area (Å²) in [7, 11) is -3.44. The molecule has 1 aromatic carbocycles. The lowest BCUT2D eigenvalue weighted by Gasteiger charge is -2.51. The number of halogens is 2. The maximum absolute atomic E-state index is 14.0. The van der Waals surface area contributed by atoms with Crippen LogP contribution in [0.3, 0.4) is 0 Å². The predicted molar refractivity (Wildman–Crippen MR) is 136 cm³/mol. The molecule has 1 amide bonds. The van der Waals surface area contributed by atoms with Crippen LogP contribution in [0.15, 0.2) is 42.6 Å². The molecule has 190 valence electrons. The van der Waals surface area contributed by atoms with Crippen LogP contribution >= 0.6 is 23.2 Å². The number of rotatable bonds is 9. The number of hydrogen-bond donors (Lipinski definition) is 1. The zero-order valence-electron chi connectivity index (χ0n) is 19.9. The Morgan fingerprint density at radius 1 is 1.23 bits per heavy atom. The summed E-state index contributed by atoms with van der Waals surface area (Å²) >= 11 is 12.4. The maximum atomic E-state index is 14.0. The zero-order valence-corrected chi connectivity index (χ0v) is 22.3. The molecule has 35 heavy (non-hydrogen) atoms. The Bertz CT molecular complexity index is 1190. The third kappa shape index (κ3) is 6.16. The third-order valence-corrected chi connectivity index (χ3v) is 8.96. The van der Waals surface area contributed by atoms with E-state index >= 15 is 0 Å². The molecule has 2 heterocycles. The van der Waals surface area contributed by atoms with Crippen LogP contribution < -0.4 is 0 Å². The monoisotopic (exact) mass is 540 g/mol. The highest BCUT2D eigenvalue weighted by Crippen LogP contribution is 2.51. The first-order valence-corrected chi connectivity index (χ1v) is 14.1. The van der Waals surface area contributed by atoms with Gasteiger partial charge in [0.15, 0.2) is 9.84 Å². The van der Waals surface area contributed by atoms with Crippen LogP contribution in [-0.4, -0.2) is 52.8 Å². The first-order chi connectivity index (χ1) is 16.4. The van der Waals surface area contributed by atoms with Gasteiger partial charge in [-0.2, -0.15) is 0 Å². The van der Waals surface area contributed by atoms with Gasteiger partial charge in [-0.3, -0.25) is 14.6 Å². The van der Waals surface area contributed by atoms with E-state index in [0.29, 0.717) is 22.2 Å². The molecule has 1 aliphatic rings. The number of aromatic nitrogens is 1. The predicted octanol–water partition coefficient (Wildman–Crippen LogP) is 5.14. The Hall–Kier alpha value is -2.16. The molecule has 0 spiro atoms. The number of carbonyl (C=O) groups excluding carboxylic acids is 1. The van der Waals surface area contributed by atoms with Gasteiger partial charge in [0, 0.05) is 28.9 Å². The van der Waals surface area contributed by atoms with Crippen LogP contribution in [0, 0.1) is 5.41 Å². The quantitative estimate of drug-likeness (QED) is 0.472. The van der Waals surface area contributed by atoms with E-state index in [1.807, 2.05) is 13.0 Å². The van der Waals surface area contributed by atoms with Crippen LogP contribution in [0.4, 0.5) is 0 Å². The van der Waals surface area contributed by atoms with Crippen LogP contribution in [0.5, 0.6) is 0 Å². The van der Waals surface area contributed by atoms with Gasteiger partial charge in [0.25, 0.3) is 0 Å². The highest BCUT2D eigenvalue weighted by atomic mass is 35.5. The Balaban J connectivity index is 2.26. The van der Waals surface area contributed by atoms with Crippen molar-refractivity contribution in [1.29, 1.82) is 0 Å². The van der Waals surface area contributed by atoms with Crippen LogP contribution in [0.1, 0.15) is 63.3 Å². The molecule has 2 aromatic rings. The van der Waals surface area contributed by atoms with E-state index < -0.39 is 39.2 Å². The van der Waals surface area contributed by atoms with Crippen LogP contribution in [0.25, 0.3) is 0 Å². The van der Waals surface area contributed by atoms with E-state index in [-0.39, 0.29) is 30.3 Å². The Kier molecular flexibility index (Phi) is 8.50. The van der Waals surface area contributed by atoms with Crippen molar-refractivity contribution in [1.82, 2.24) is 9.88 Å². The second kappa shape index (κ2) is 10.8. The van der Waals surface area contributed by atoms with E-state index in [9.17, 15) is 23.1 Å². The largest absolute Gasteiger partial charge is 0.481 e. The Morgan fingerprint density at radius 2 is 1.94 bits per heavy atom. The van der Waals surface area contributed by atoms with Crippen molar-refractivity contribution in [3.63, 3.8) is 0 Å². The second-order valence-corrected chi connectivity index (χ2v) is 12.6. The van der Waals surface area contributed by atoms with Crippen molar-refractivity contribution in [2.24, 2.45) is 5.41 Å². The molecule has 0 bridgehead atoms. The van der Waals surface area contributed by atoms with Crippen LogP contribution in [0.2, 0.25) is 10.0 Å². The molecule has 4 atom stereocenters. The minimum absolute atomic E-state index is 0.0560. The highest BCUT2D eigenvalue weighted by Gasteiger charge is 2.53. The molecule has 1 N–H and O–H groups in total. The van der Waals surface area contributed by atoms with Gasteiger partial charge in [0.05, 0.1) is 34.3 Å². The molecule has 1 fully saturated rings. The van der Waals surface area contributed by atoms with E-state index in [1.165, 1.54) is 6.20 Å². The van der Waals surface area contributed by atoms with Gasteiger partial charge in [-0.15, -0.1) is 0 Å². The van der Waals surface area contributed by atoms with Crippen molar-refractivity contribution in [3.05, 3.63) is 63.9 Å². The number of nitrogens with zero attached hydrogens (tertiary/aromatic N) is 2. The van der Waals surface area contributed by atoms with Gasteiger partial charge in [0.1, 0.15) is 0 Å². The molecular formula is C25H30Cl2N2O5S. The van der Waals surface area contributed by atoms with Gasteiger partial charge in [-0.05, 0) is 42.7 Å². The lowest BCUT2D eigenvalue weighted by atomic mass is 9.67. The Labute approximate surface area is 216 Å². The molecule has 3 rings (SSSR count). The molecule has 1 aliphatic heterocycles. The van der Waals surface area contributed by atoms with Crippen molar-refractivity contribution >= 4 is 44.9 Å². The van der Waals surface area contributed by atoms with E-state index in [0.717, 1.165) is 5.56 Å². The first-order valence-electron chi connectivity index (χ1n) is 11.5. The minimum atomic E-state index is -3.44. The number of carboxylic acids is 1. The molecule has 1 aromatic heterocycles. The SMILES string of the molecule is CCC(CS(=O)(=O)CC)N1C(=O)[C@@](C)(CC(=O)O)C[C@H](c2cccc(Cl)c2)[C@H]1c1ccc(Cl)cn1. The molecule has 0 radical (unpaired) electrons. The average Bonchev–Trinajstić information content (AvgIpc) is 2.79. The lowest BCUT2D eigenvalue weighted by Crippen LogP contribution is -2.57. The summed E-state index contributed by atoms with van der Waals surface area (Å²) in [5.41, 5.74) is 0.129. The van der Waals surface area contributed by atoms with Crippen LogP contribution in [-0.2, 0) is 19.4 Å². The summed E-state index contributed by atoms with van der Waals surface area (Å²) in [6.45, 7) is 5.04. The van der Waals surface area contributed by atoms with Crippen molar-refractivity contribution in [2.75, 3.05) is 11.5 Å². The topological polar surface area (TPSA) is 105 Å². The van der Waals surface area contributed by atoms with E-state index in [4.69, 9.17) is 23.2 Å². The third-order valence-electron chi connectivity index (χ3n) is 6.72. The molecular weight excluding hydrogens is 511 g/mol. The number of hydrogen-bond acceptors (Lipinski definition) is 5. The number of aliphatic carboxylic acids is 1. The fourth-order valence-electron chi connectivity index (χ4n) is 4.94. The molecule has 10 heteroatoms. The fraction of sp³-hybridized carbons (Fsp3) is 0.480. The molecule has 0 saturated carbocycles. The molecule has 7 nitrogen and oxygen atoms in total. The summed E-state index contributed by atoms with van der Waals surface area (Å²) in [4.78, 5) is 31.9. The average molecular weight is 541 g/mol. The summed E-state index contributed by atoms with van der Waals surface area (Å²) in [6, 6.07) is 9.35.